The minimum absolute atomic E-state index is 0.377. The molecular formula is C18H27N3O4S. The number of carbonyl (C=O) groups is 3. The zero-order valence-electron chi connectivity index (χ0n) is 15.4. The molecule has 0 radical (unpaired) electrons. The second-order valence-corrected chi connectivity index (χ2v) is 6.92. The molecule has 3 amide bonds. The van der Waals surface area contributed by atoms with Crippen molar-refractivity contribution in [2.45, 2.75) is 38.6 Å². The number of thioether (sulfide) groups is 1. The Morgan fingerprint density at radius 2 is 1.88 bits per heavy atom. The van der Waals surface area contributed by atoms with E-state index in [0.29, 0.717) is 23.8 Å². The zero-order chi connectivity index (χ0) is 19.5. The van der Waals surface area contributed by atoms with Crippen LogP contribution >= 0.6 is 11.8 Å². The lowest BCUT2D eigenvalue weighted by Crippen LogP contribution is -2.45. The Morgan fingerprint density at radius 3 is 2.42 bits per heavy atom. The summed E-state index contributed by atoms with van der Waals surface area (Å²) >= 11 is 1.53. The monoisotopic (exact) mass is 381 g/mol. The third-order valence-electron chi connectivity index (χ3n) is 3.93. The Bertz CT molecular complexity index is 607. The summed E-state index contributed by atoms with van der Waals surface area (Å²) < 4.78 is 4.98. The van der Waals surface area contributed by atoms with Gasteiger partial charge in [0.05, 0.1) is 0 Å². The number of hydrogen-bond acceptors (Lipinski definition) is 5. The van der Waals surface area contributed by atoms with Crippen LogP contribution in [-0.2, 0) is 14.3 Å². The molecule has 0 fully saturated rings. The molecule has 26 heavy (non-hydrogen) atoms. The van der Waals surface area contributed by atoms with Crippen LogP contribution in [0.15, 0.2) is 24.3 Å². The Kier molecular flexibility index (Phi) is 9.57. The van der Waals surface area contributed by atoms with Gasteiger partial charge in [-0.15, -0.1) is 0 Å². The van der Waals surface area contributed by atoms with E-state index in [2.05, 4.69) is 24.5 Å². The maximum absolute atomic E-state index is 12.0. The van der Waals surface area contributed by atoms with Gasteiger partial charge in [-0.2, -0.15) is 11.8 Å². The summed E-state index contributed by atoms with van der Waals surface area (Å²) in [5.74, 6) is -0.0245. The summed E-state index contributed by atoms with van der Waals surface area (Å²) in [6.45, 7) is 3.83. The van der Waals surface area contributed by atoms with Gasteiger partial charge in [-0.3, -0.25) is 4.79 Å². The first-order valence-corrected chi connectivity index (χ1v) is 9.88. The number of primary amides is 1. The van der Waals surface area contributed by atoms with Gasteiger partial charge in [0.25, 0.3) is 5.91 Å². The minimum atomic E-state index is -0.859. The molecule has 0 aromatic heterocycles. The molecule has 0 heterocycles. The van der Waals surface area contributed by atoms with Crippen LogP contribution in [0.5, 0.6) is 0 Å². The van der Waals surface area contributed by atoms with E-state index in [1.54, 1.807) is 0 Å². The minimum Gasteiger partial charge on any atom is -0.454 e. The molecule has 0 aliphatic rings. The van der Waals surface area contributed by atoms with Crippen molar-refractivity contribution < 1.29 is 19.1 Å². The van der Waals surface area contributed by atoms with Gasteiger partial charge in [0, 0.05) is 5.69 Å². The molecule has 0 spiro atoms. The first-order chi connectivity index (χ1) is 12.4. The Labute approximate surface area is 158 Å². The van der Waals surface area contributed by atoms with Gasteiger partial charge in [0.15, 0.2) is 6.61 Å². The summed E-state index contributed by atoms with van der Waals surface area (Å²) in [4.78, 5) is 34.9. The molecule has 144 valence electrons. The van der Waals surface area contributed by atoms with E-state index in [-0.39, 0.29) is 0 Å². The van der Waals surface area contributed by atoms with E-state index in [1.807, 2.05) is 30.5 Å². The maximum Gasteiger partial charge on any atom is 0.329 e. The van der Waals surface area contributed by atoms with Crippen LogP contribution in [0.2, 0.25) is 0 Å². The van der Waals surface area contributed by atoms with E-state index >= 15 is 0 Å². The van der Waals surface area contributed by atoms with Crippen LogP contribution in [0.4, 0.5) is 10.5 Å². The highest BCUT2D eigenvalue weighted by molar-refractivity contribution is 7.98. The van der Waals surface area contributed by atoms with Crippen LogP contribution in [0.25, 0.3) is 0 Å². The topological polar surface area (TPSA) is 111 Å². The number of amides is 3. The van der Waals surface area contributed by atoms with E-state index < -0.39 is 30.6 Å². The summed E-state index contributed by atoms with van der Waals surface area (Å²) in [5.41, 5.74) is 6.89. The summed E-state index contributed by atoms with van der Waals surface area (Å²) in [6.07, 6.45) is 3.30. The van der Waals surface area contributed by atoms with Crippen LogP contribution in [0.1, 0.15) is 38.2 Å². The number of nitrogens with two attached hydrogens (primary N) is 1. The second kappa shape index (κ2) is 11.4. The Morgan fingerprint density at radius 1 is 1.23 bits per heavy atom. The fraction of sp³-hybridized carbons (Fsp3) is 0.500. The molecule has 0 aliphatic carbocycles. The number of carbonyl (C=O) groups excluding carboxylic acids is 3. The standard InChI is InChI=1S/C18H27N3O4S/c1-4-12(2)13-5-7-14(8-6-13)20-16(22)11-25-17(23)15(9-10-26-3)21-18(19)24/h5-8,12,15H,4,9-11H2,1-3H3,(H,20,22)(H3,19,21,24)/t12-,15-/m1/s1. The molecule has 0 saturated heterocycles. The lowest BCUT2D eigenvalue weighted by molar-refractivity contribution is -0.149. The lowest BCUT2D eigenvalue weighted by atomic mass is 9.99. The average molecular weight is 381 g/mol. The quantitative estimate of drug-likeness (QED) is 0.539. The molecule has 2 atom stereocenters. The maximum atomic E-state index is 12.0. The van der Waals surface area contributed by atoms with Crippen molar-refractivity contribution in [2.75, 3.05) is 23.9 Å². The van der Waals surface area contributed by atoms with Crippen LogP contribution in [0, 0.1) is 0 Å². The molecular weight excluding hydrogens is 354 g/mol. The van der Waals surface area contributed by atoms with Crippen LogP contribution in [0.3, 0.4) is 0 Å². The number of hydrogen-bond donors (Lipinski definition) is 3. The number of ether oxygens (including phenoxy) is 1. The van der Waals surface area contributed by atoms with Gasteiger partial charge in [-0.05, 0) is 48.5 Å². The molecule has 4 N–H and O–H groups in total. The fourth-order valence-electron chi connectivity index (χ4n) is 2.22. The largest absolute Gasteiger partial charge is 0.454 e. The summed E-state index contributed by atoms with van der Waals surface area (Å²) in [7, 11) is 0. The van der Waals surface area contributed by atoms with E-state index in [9.17, 15) is 14.4 Å². The number of nitrogens with one attached hydrogen (secondary N) is 2. The third-order valence-corrected chi connectivity index (χ3v) is 4.58. The van der Waals surface area contributed by atoms with E-state index in [4.69, 9.17) is 10.5 Å². The van der Waals surface area contributed by atoms with Crippen molar-refractivity contribution >= 4 is 35.4 Å². The SMILES string of the molecule is CC[C@@H](C)c1ccc(NC(=O)COC(=O)[C@@H](CCSC)NC(N)=O)cc1. The first kappa shape index (κ1) is 21.8. The average Bonchev–Trinajstić information content (AvgIpc) is 2.62. The molecule has 1 aromatic carbocycles. The number of anilines is 1. The lowest BCUT2D eigenvalue weighted by Gasteiger charge is -2.16. The molecule has 1 rings (SSSR count). The van der Waals surface area contributed by atoms with Crippen molar-refractivity contribution in [3.63, 3.8) is 0 Å². The summed E-state index contributed by atoms with van der Waals surface area (Å²) in [6, 6.07) is 5.89. The molecule has 0 unspecified atom stereocenters. The smallest absolute Gasteiger partial charge is 0.329 e. The van der Waals surface area contributed by atoms with Crippen molar-refractivity contribution in [3.8, 4) is 0 Å². The van der Waals surface area contributed by atoms with Gasteiger partial charge >= 0.3 is 12.0 Å². The molecule has 8 heteroatoms. The molecule has 1 aromatic rings. The van der Waals surface area contributed by atoms with Gasteiger partial charge in [0.1, 0.15) is 6.04 Å². The van der Waals surface area contributed by atoms with Crippen molar-refractivity contribution in [1.82, 2.24) is 5.32 Å². The number of benzene rings is 1. The van der Waals surface area contributed by atoms with Crippen molar-refractivity contribution in [2.24, 2.45) is 5.73 Å². The van der Waals surface area contributed by atoms with Gasteiger partial charge < -0.3 is 21.1 Å². The fourth-order valence-corrected chi connectivity index (χ4v) is 2.69. The number of rotatable bonds is 10. The van der Waals surface area contributed by atoms with Crippen LogP contribution < -0.4 is 16.4 Å². The molecule has 7 nitrogen and oxygen atoms in total. The predicted octanol–water partition coefficient (Wildman–Crippen LogP) is 2.47. The van der Waals surface area contributed by atoms with Gasteiger partial charge in [-0.25, -0.2) is 9.59 Å². The Hall–Kier alpha value is -2.22. The van der Waals surface area contributed by atoms with E-state index in [1.165, 1.54) is 17.3 Å². The first-order valence-electron chi connectivity index (χ1n) is 8.48. The number of urea groups is 1. The molecule has 0 bridgehead atoms. The van der Waals surface area contributed by atoms with Crippen molar-refractivity contribution in [3.05, 3.63) is 29.8 Å². The normalized spacial score (nSPS) is 12.7. The summed E-state index contributed by atoms with van der Waals surface area (Å²) in [5, 5.41) is 5.00. The highest BCUT2D eigenvalue weighted by Gasteiger charge is 2.21. The third kappa shape index (κ3) is 7.77. The predicted molar refractivity (Wildman–Crippen MR) is 104 cm³/mol. The number of esters is 1. The Balaban J connectivity index is 2.51. The van der Waals surface area contributed by atoms with Crippen molar-refractivity contribution in [1.29, 1.82) is 0 Å². The second-order valence-electron chi connectivity index (χ2n) is 5.93. The molecule has 0 saturated carbocycles. The highest BCUT2D eigenvalue weighted by Crippen LogP contribution is 2.20. The highest BCUT2D eigenvalue weighted by atomic mass is 32.2. The zero-order valence-corrected chi connectivity index (χ0v) is 16.2. The van der Waals surface area contributed by atoms with Crippen LogP contribution in [-0.4, -0.2) is 42.6 Å². The molecule has 0 aliphatic heterocycles. The van der Waals surface area contributed by atoms with E-state index in [0.717, 1.165) is 6.42 Å². The van der Waals surface area contributed by atoms with Gasteiger partial charge in [-0.1, -0.05) is 26.0 Å². The van der Waals surface area contributed by atoms with Gasteiger partial charge in [0.2, 0.25) is 0 Å².